The Bertz CT molecular complexity index is 267. The molecule has 0 unspecified atom stereocenters. The predicted molar refractivity (Wildman–Crippen MR) is 57.0 cm³/mol. The summed E-state index contributed by atoms with van der Waals surface area (Å²) in [5, 5.41) is 13.0. The van der Waals surface area contributed by atoms with Crippen molar-refractivity contribution in [3.05, 3.63) is 0 Å². The number of rotatable bonds is 6. The van der Waals surface area contributed by atoms with Gasteiger partial charge in [-0.05, 0) is 6.92 Å². The van der Waals surface area contributed by atoms with Crippen molar-refractivity contribution in [1.82, 2.24) is 15.5 Å². The van der Waals surface area contributed by atoms with Gasteiger partial charge in [-0.2, -0.15) is 0 Å². The number of carboxylic acids is 1. The summed E-state index contributed by atoms with van der Waals surface area (Å²) in [6, 6.07) is -0.542. The first kappa shape index (κ1) is 14.2. The minimum Gasteiger partial charge on any atom is -0.481 e. The molecule has 0 aliphatic heterocycles. The third kappa shape index (κ3) is 6.63. The molecule has 0 aromatic carbocycles. The first-order valence-corrected chi connectivity index (χ1v) is 4.94. The van der Waals surface area contributed by atoms with E-state index in [2.05, 4.69) is 10.6 Å². The van der Waals surface area contributed by atoms with Gasteiger partial charge in [-0.3, -0.25) is 9.59 Å². The topological polar surface area (TPSA) is 98.7 Å². The van der Waals surface area contributed by atoms with E-state index in [1.54, 1.807) is 7.05 Å². The second kappa shape index (κ2) is 7.49. The summed E-state index contributed by atoms with van der Waals surface area (Å²) in [5.74, 6) is -1.18. The highest BCUT2D eigenvalue weighted by atomic mass is 16.4. The van der Waals surface area contributed by atoms with Gasteiger partial charge >= 0.3 is 12.0 Å². The third-order valence-electron chi connectivity index (χ3n) is 1.92. The van der Waals surface area contributed by atoms with Crippen molar-refractivity contribution in [1.29, 1.82) is 0 Å². The Kier molecular flexibility index (Phi) is 6.66. The highest BCUT2D eigenvalue weighted by Gasteiger charge is 2.08. The van der Waals surface area contributed by atoms with Crippen LogP contribution in [0, 0.1) is 0 Å². The van der Waals surface area contributed by atoms with E-state index in [0.29, 0.717) is 6.54 Å². The van der Waals surface area contributed by atoms with Gasteiger partial charge in [0.1, 0.15) is 0 Å². The van der Waals surface area contributed by atoms with Gasteiger partial charge in [-0.25, -0.2) is 4.79 Å². The quantitative estimate of drug-likeness (QED) is 0.559. The largest absolute Gasteiger partial charge is 0.481 e. The maximum Gasteiger partial charge on any atom is 0.315 e. The fourth-order valence-electron chi connectivity index (χ4n) is 0.813. The zero-order valence-corrected chi connectivity index (χ0v) is 9.45. The Morgan fingerprint density at radius 2 is 1.88 bits per heavy atom. The number of amides is 3. The van der Waals surface area contributed by atoms with Gasteiger partial charge in [0.05, 0.1) is 13.0 Å². The highest BCUT2D eigenvalue weighted by molar-refractivity contribution is 5.83. The van der Waals surface area contributed by atoms with Crippen molar-refractivity contribution >= 4 is 17.9 Å². The molecule has 0 aliphatic rings. The summed E-state index contributed by atoms with van der Waals surface area (Å²) < 4.78 is 0. The van der Waals surface area contributed by atoms with E-state index in [1.165, 1.54) is 4.90 Å². The van der Waals surface area contributed by atoms with Crippen LogP contribution in [0.4, 0.5) is 4.79 Å². The fraction of sp³-hybridized carbons (Fsp3) is 0.667. The van der Waals surface area contributed by atoms with E-state index in [0.717, 1.165) is 0 Å². The number of urea groups is 1. The van der Waals surface area contributed by atoms with Crippen LogP contribution in [0.1, 0.15) is 13.3 Å². The van der Waals surface area contributed by atoms with E-state index in [1.807, 2.05) is 6.92 Å². The number of hydrogen-bond donors (Lipinski definition) is 3. The van der Waals surface area contributed by atoms with E-state index in [9.17, 15) is 14.4 Å². The van der Waals surface area contributed by atoms with Gasteiger partial charge in [0.2, 0.25) is 5.91 Å². The third-order valence-corrected chi connectivity index (χ3v) is 1.92. The minimum atomic E-state index is -0.984. The van der Waals surface area contributed by atoms with Crippen LogP contribution >= 0.6 is 0 Å². The first-order chi connectivity index (χ1) is 7.47. The lowest BCUT2D eigenvalue weighted by molar-refractivity contribution is -0.136. The number of carboxylic acid groups (broad SMARTS) is 1. The molecule has 0 atom stereocenters. The summed E-state index contributed by atoms with van der Waals surface area (Å²) >= 11 is 0. The zero-order chi connectivity index (χ0) is 12.6. The average molecular weight is 231 g/mol. The maximum absolute atomic E-state index is 11.2. The van der Waals surface area contributed by atoms with Gasteiger partial charge in [-0.15, -0.1) is 0 Å². The van der Waals surface area contributed by atoms with Gasteiger partial charge in [0, 0.05) is 20.1 Å². The Morgan fingerprint density at radius 1 is 1.25 bits per heavy atom. The second-order valence-corrected chi connectivity index (χ2v) is 3.16. The monoisotopic (exact) mass is 231 g/mol. The van der Waals surface area contributed by atoms with Crippen molar-refractivity contribution in [3.8, 4) is 0 Å². The standard InChI is InChI=1S/C9H17N3O4/c1-3-12(2)7(13)6-11-9(16)10-5-4-8(14)15/h3-6H2,1-2H3,(H,14,15)(H2,10,11,16). The first-order valence-electron chi connectivity index (χ1n) is 4.94. The maximum atomic E-state index is 11.2. The number of likely N-dealkylation sites (N-methyl/N-ethyl adjacent to an activating group) is 1. The molecule has 3 amide bonds. The van der Waals surface area contributed by atoms with Crippen molar-refractivity contribution < 1.29 is 19.5 Å². The molecule has 0 saturated heterocycles. The molecule has 0 aliphatic carbocycles. The Morgan fingerprint density at radius 3 is 2.38 bits per heavy atom. The summed E-state index contributed by atoms with van der Waals surface area (Å²) in [5.41, 5.74) is 0. The summed E-state index contributed by atoms with van der Waals surface area (Å²) in [6.07, 6.45) is -0.143. The number of carbonyl (C=O) groups is 3. The van der Waals surface area contributed by atoms with Crippen LogP contribution in [-0.2, 0) is 9.59 Å². The molecule has 92 valence electrons. The molecule has 7 nitrogen and oxygen atoms in total. The van der Waals surface area contributed by atoms with Gasteiger partial charge in [0.25, 0.3) is 0 Å². The molecule has 0 saturated carbocycles. The van der Waals surface area contributed by atoms with Crippen LogP contribution in [0.15, 0.2) is 0 Å². The normalized spacial score (nSPS) is 9.38. The number of aliphatic carboxylic acids is 1. The number of carbonyl (C=O) groups excluding carboxylic acids is 2. The van der Waals surface area contributed by atoms with Gasteiger partial charge < -0.3 is 20.6 Å². The van der Waals surface area contributed by atoms with Crippen molar-refractivity contribution in [2.45, 2.75) is 13.3 Å². The summed E-state index contributed by atoms with van der Waals surface area (Å²) in [6.45, 7) is 2.34. The van der Waals surface area contributed by atoms with Crippen molar-refractivity contribution in [2.75, 3.05) is 26.7 Å². The molecule has 0 aromatic heterocycles. The van der Waals surface area contributed by atoms with E-state index >= 15 is 0 Å². The molecule has 0 aromatic rings. The number of nitrogens with zero attached hydrogens (tertiary/aromatic N) is 1. The van der Waals surface area contributed by atoms with Crippen LogP contribution in [0.25, 0.3) is 0 Å². The Hall–Kier alpha value is -1.79. The number of nitrogens with one attached hydrogen (secondary N) is 2. The molecule has 0 bridgehead atoms. The fourth-order valence-corrected chi connectivity index (χ4v) is 0.813. The van der Waals surface area contributed by atoms with Crippen molar-refractivity contribution in [3.63, 3.8) is 0 Å². The molecule has 16 heavy (non-hydrogen) atoms. The average Bonchev–Trinajstić information content (AvgIpc) is 2.24. The van der Waals surface area contributed by atoms with E-state index in [-0.39, 0.29) is 25.4 Å². The molecule has 3 N–H and O–H groups in total. The van der Waals surface area contributed by atoms with Crippen LogP contribution in [-0.4, -0.2) is 54.6 Å². The predicted octanol–water partition coefficient (Wildman–Crippen LogP) is -0.761. The minimum absolute atomic E-state index is 0.0406. The van der Waals surface area contributed by atoms with Crippen molar-refractivity contribution in [2.24, 2.45) is 0 Å². The zero-order valence-electron chi connectivity index (χ0n) is 9.45. The molecular formula is C9H17N3O4. The molecule has 0 spiro atoms. The Balaban J connectivity index is 3.65. The molecule has 0 fully saturated rings. The van der Waals surface area contributed by atoms with E-state index < -0.39 is 12.0 Å². The molecule has 0 radical (unpaired) electrons. The van der Waals surface area contributed by atoms with Crippen LogP contribution in [0.3, 0.4) is 0 Å². The van der Waals surface area contributed by atoms with E-state index in [4.69, 9.17) is 5.11 Å². The van der Waals surface area contributed by atoms with Gasteiger partial charge in [-0.1, -0.05) is 0 Å². The second-order valence-electron chi connectivity index (χ2n) is 3.16. The van der Waals surface area contributed by atoms with Crippen LogP contribution < -0.4 is 10.6 Å². The number of hydrogen-bond acceptors (Lipinski definition) is 3. The lowest BCUT2D eigenvalue weighted by Crippen LogP contribution is -2.43. The smallest absolute Gasteiger partial charge is 0.315 e. The van der Waals surface area contributed by atoms with Gasteiger partial charge in [0.15, 0.2) is 0 Å². The SMILES string of the molecule is CCN(C)C(=O)CNC(=O)NCCC(=O)O. The molecular weight excluding hydrogens is 214 g/mol. The Labute approximate surface area is 93.8 Å². The van der Waals surface area contributed by atoms with Crippen LogP contribution in [0.5, 0.6) is 0 Å². The summed E-state index contributed by atoms with van der Waals surface area (Å²) in [7, 11) is 1.63. The highest BCUT2D eigenvalue weighted by Crippen LogP contribution is 1.82. The molecule has 0 heterocycles. The summed E-state index contributed by atoms with van der Waals surface area (Å²) in [4.78, 5) is 33.9. The van der Waals surface area contributed by atoms with Crippen LogP contribution in [0.2, 0.25) is 0 Å². The lowest BCUT2D eigenvalue weighted by Gasteiger charge is -2.14. The molecule has 7 heteroatoms. The molecule has 0 rings (SSSR count). The lowest BCUT2D eigenvalue weighted by atomic mass is 10.4.